The molecule has 0 amide bonds. The minimum absolute atomic E-state index is 0.802. The second kappa shape index (κ2) is 6.38. The van der Waals surface area contributed by atoms with Crippen LogP contribution in [0.3, 0.4) is 0 Å². The van der Waals surface area contributed by atoms with Gasteiger partial charge in [0.1, 0.15) is 0 Å². The first kappa shape index (κ1) is 9.26. The number of ether oxygens (including phenoxy) is 1. The molecule has 9 heavy (non-hydrogen) atoms. The summed E-state index contributed by atoms with van der Waals surface area (Å²) in [6.07, 6.45) is 4.01. The molecule has 0 rings (SSSR count). The van der Waals surface area contributed by atoms with Gasteiger partial charge in [-0.05, 0) is 0 Å². The first-order valence-corrected chi connectivity index (χ1v) is 4.54. The Morgan fingerprint density at radius 1 is 1.78 bits per heavy atom. The molecule has 0 aliphatic carbocycles. The van der Waals surface area contributed by atoms with Crippen LogP contribution < -0.4 is 0 Å². The van der Waals surface area contributed by atoms with Gasteiger partial charge in [0.15, 0.2) is 0 Å². The first-order valence-electron chi connectivity index (χ1n) is 3.07. The molecule has 0 aliphatic rings. The van der Waals surface area contributed by atoms with E-state index in [0.29, 0.717) is 0 Å². The van der Waals surface area contributed by atoms with Gasteiger partial charge < -0.3 is 0 Å². The standard InChI is InChI=1S/C7H12O.W/c1-3-5-6-7-8-4-2;/h3H,1,4-6H2,2H3;. The first-order chi connectivity index (χ1) is 4.31. The SMILES string of the molecule is C=CCC[C](=[W])OCC. The van der Waals surface area contributed by atoms with Crippen LogP contribution in [0.2, 0.25) is 0 Å². The molecular formula is C7H12OW. The van der Waals surface area contributed by atoms with Crippen LogP contribution in [0.15, 0.2) is 12.7 Å². The van der Waals surface area contributed by atoms with Crippen LogP contribution in [0.5, 0.6) is 0 Å². The Kier molecular flexibility index (Phi) is 6.56. The zero-order chi connectivity index (χ0) is 7.11. The van der Waals surface area contributed by atoms with Gasteiger partial charge in [0, 0.05) is 0 Å². The van der Waals surface area contributed by atoms with Crippen molar-refractivity contribution in [1.29, 1.82) is 0 Å². The summed E-state index contributed by atoms with van der Waals surface area (Å²) in [5.41, 5.74) is 0. The summed E-state index contributed by atoms with van der Waals surface area (Å²) in [4.78, 5) is 0. The molecule has 0 aliphatic heterocycles. The summed E-state index contributed by atoms with van der Waals surface area (Å²) in [6, 6.07) is 0. The Morgan fingerprint density at radius 3 is 2.89 bits per heavy atom. The van der Waals surface area contributed by atoms with Crippen molar-refractivity contribution in [2.24, 2.45) is 0 Å². The predicted molar refractivity (Wildman–Crippen MR) is 36.1 cm³/mol. The van der Waals surface area contributed by atoms with Crippen molar-refractivity contribution >= 4 is 4.08 Å². The van der Waals surface area contributed by atoms with Crippen LogP contribution >= 0.6 is 0 Å². The summed E-state index contributed by atoms with van der Waals surface area (Å²) in [5, 5.41) is 0. The van der Waals surface area contributed by atoms with Crippen molar-refractivity contribution in [3.8, 4) is 0 Å². The van der Waals surface area contributed by atoms with Crippen LogP contribution in [0.1, 0.15) is 19.8 Å². The summed E-state index contributed by atoms with van der Waals surface area (Å²) in [6.45, 7) is 6.45. The molecule has 0 N–H and O–H groups in total. The van der Waals surface area contributed by atoms with Crippen molar-refractivity contribution < 1.29 is 24.1 Å². The van der Waals surface area contributed by atoms with E-state index in [2.05, 4.69) is 6.58 Å². The number of allylic oxidation sites excluding steroid dienone is 1. The molecule has 0 bridgehead atoms. The monoisotopic (exact) mass is 296 g/mol. The van der Waals surface area contributed by atoms with Crippen LogP contribution in [0.25, 0.3) is 0 Å². The van der Waals surface area contributed by atoms with Crippen LogP contribution in [0, 0.1) is 0 Å². The molecule has 0 unspecified atom stereocenters. The molecule has 0 aromatic carbocycles. The Morgan fingerprint density at radius 2 is 2.44 bits per heavy atom. The second-order valence-corrected chi connectivity index (χ2v) is 3.27. The van der Waals surface area contributed by atoms with Crippen molar-refractivity contribution in [2.45, 2.75) is 19.8 Å². The average Bonchev–Trinajstić information content (AvgIpc) is 1.85. The van der Waals surface area contributed by atoms with Gasteiger partial charge in [-0.1, -0.05) is 0 Å². The fourth-order valence-electron chi connectivity index (χ4n) is 0.453. The van der Waals surface area contributed by atoms with Gasteiger partial charge in [-0.15, -0.1) is 0 Å². The van der Waals surface area contributed by atoms with E-state index in [9.17, 15) is 0 Å². The molecule has 0 saturated heterocycles. The summed E-state index contributed by atoms with van der Waals surface area (Å²) < 4.78 is 6.44. The Hall–Kier alpha value is 0.258. The van der Waals surface area contributed by atoms with Crippen molar-refractivity contribution in [2.75, 3.05) is 6.61 Å². The molecule has 0 saturated carbocycles. The van der Waals surface area contributed by atoms with Crippen LogP contribution in [-0.2, 0) is 24.1 Å². The Balaban J connectivity index is 3.16. The maximum atomic E-state index is 5.25. The molecule has 0 aromatic heterocycles. The zero-order valence-electron chi connectivity index (χ0n) is 5.72. The van der Waals surface area contributed by atoms with E-state index >= 15 is 0 Å². The van der Waals surface area contributed by atoms with Crippen molar-refractivity contribution in [1.82, 2.24) is 0 Å². The van der Waals surface area contributed by atoms with Gasteiger partial charge in [0.25, 0.3) is 0 Å². The van der Waals surface area contributed by atoms with E-state index in [0.717, 1.165) is 19.4 Å². The molecule has 0 spiro atoms. The molecule has 1 nitrogen and oxygen atoms in total. The quantitative estimate of drug-likeness (QED) is 0.701. The van der Waals surface area contributed by atoms with Gasteiger partial charge in [-0.3, -0.25) is 0 Å². The van der Waals surface area contributed by atoms with Crippen molar-refractivity contribution in [3.63, 3.8) is 0 Å². The average molecular weight is 296 g/mol. The van der Waals surface area contributed by atoms with Crippen LogP contribution in [-0.4, -0.2) is 10.7 Å². The maximum absolute atomic E-state index is 5.25. The fraction of sp³-hybridized carbons (Fsp3) is 0.571. The van der Waals surface area contributed by atoms with Crippen LogP contribution in [0.4, 0.5) is 0 Å². The minimum atomic E-state index is 0.802. The van der Waals surface area contributed by atoms with E-state index in [-0.39, 0.29) is 0 Å². The van der Waals surface area contributed by atoms with E-state index < -0.39 is 0 Å². The van der Waals surface area contributed by atoms with E-state index in [1.165, 1.54) is 23.4 Å². The summed E-state index contributed by atoms with van der Waals surface area (Å²) in [7, 11) is 0. The molecule has 0 heterocycles. The van der Waals surface area contributed by atoms with E-state index in [1.807, 2.05) is 13.0 Å². The van der Waals surface area contributed by atoms with E-state index in [4.69, 9.17) is 4.74 Å². The third-order valence-electron chi connectivity index (χ3n) is 0.858. The molecular weight excluding hydrogens is 284 g/mol. The molecule has 0 aromatic rings. The molecule has 52 valence electrons. The van der Waals surface area contributed by atoms with Gasteiger partial charge in [0.05, 0.1) is 0 Å². The molecule has 0 radical (unpaired) electrons. The normalized spacial score (nSPS) is 9.00. The molecule has 0 atom stereocenters. The van der Waals surface area contributed by atoms with Gasteiger partial charge in [0.2, 0.25) is 0 Å². The zero-order valence-corrected chi connectivity index (χ0v) is 8.66. The number of hydrogen-bond donors (Lipinski definition) is 0. The molecule has 0 fully saturated rings. The summed E-state index contributed by atoms with van der Waals surface area (Å²) >= 11 is 1.44. The Bertz CT molecular complexity index is 99.1. The number of rotatable bonds is 5. The number of hydrogen-bond acceptors (Lipinski definition) is 1. The van der Waals surface area contributed by atoms with Gasteiger partial charge in [-0.25, -0.2) is 0 Å². The van der Waals surface area contributed by atoms with Gasteiger partial charge in [-0.2, -0.15) is 0 Å². The summed E-state index contributed by atoms with van der Waals surface area (Å²) in [5.74, 6) is 0. The van der Waals surface area contributed by atoms with Gasteiger partial charge >= 0.3 is 67.2 Å². The Labute approximate surface area is 67.5 Å². The third-order valence-corrected chi connectivity index (χ3v) is 2.01. The third kappa shape index (κ3) is 6.14. The second-order valence-electron chi connectivity index (χ2n) is 1.63. The topological polar surface area (TPSA) is 9.23 Å². The van der Waals surface area contributed by atoms with Crippen molar-refractivity contribution in [3.05, 3.63) is 12.7 Å². The predicted octanol–water partition coefficient (Wildman–Crippen LogP) is 1.67. The van der Waals surface area contributed by atoms with E-state index in [1.54, 1.807) is 0 Å². The fourth-order valence-corrected chi connectivity index (χ4v) is 1.30. The molecule has 2 heteroatoms.